The van der Waals surface area contributed by atoms with E-state index in [0.29, 0.717) is 37.0 Å². The highest BCUT2D eigenvalue weighted by Crippen LogP contribution is 2.22. The van der Waals surface area contributed by atoms with Crippen LogP contribution in [0.4, 0.5) is 5.69 Å². The van der Waals surface area contributed by atoms with E-state index < -0.39 is 10.0 Å². The number of carbonyl (C=O) groups excluding carboxylic acids is 1. The molecule has 2 heterocycles. The average Bonchev–Trinajstić information content (AvgIpc) is 3.27. The van der Waals surface area contributed by atoms with E-state index in [4.69, 9.17) is 0 Å². The van der Waals surface area contributed by atoms with Crippen LogP contribution in [-0.2, 0) is 14.8 Å². The molecule has 0 saturated carbocycles. The van der Waals surface area contributed by atoms with Crippen LogP contribution in [0.15, 0.2) is 64.9 Å². The molecule has 1 aliphatic heterocycles. The van der Waals surface area contributed by atoms with Crippen molar-refractivity contribution >= 4 is 33.4 Å². The molecular weight excluding hydrogens is 460 g/mol. The van der Waals surface area contributed by atoms with Gasteiger partial charge in [-0.25, -0.2) is 8.42 Å². The number of sulfonamides is 1. The summed E-state index contributed by atoms with van der Waals surface area (Å²) in [6.07, 6.45) is 1.62. The zero-order chi connectivity index (χ0) is 23.4. The van der Waals surface area contributed by atoms with E-state index in [1.54, 1.807) is 18.5 Å². The van der Waals surface area contributed by atoms with Crippen LogP contribution in [0.1, 0.15) is 5.56 Å². The molecule has 2 aromatic carbocycles. The molecule has 4 rings (SSSR count). The smallest absolute Gasteiger partial charge is 0.243 e. The fraction of sp³-hybridized carbons (Fsp3) is 0.318. The molecule has 11 heteroatoms. The Morgan fingerprint density at radius 3 is 2.36 bits per heavy atom. The maximum Gasteiger partial charge on any atom is 0.243 e. The van der Waals surface area contributed by atoms with Crippen molar-refractivity contribution in [2.45, 2.75) is 17.0 Å². The number of nitrogens with one attached hydrogen (secondary N) is 1. The summed E-state index contributed by atoms with van der Waals surface area (Å²) < 4.78 is 29.0. The highest BCUT2D eigenvalue weighted by molar-refractivity contribution is 7.99. The molecule has 0 spiro atoms. The lowest BCUT2D eigenvalue weighted by Gasteiger charge is -2.31. The van der Waals surface area contributed by atoms with Gasteiger partial charge in [0.15, 0.2) is 5.16 Å². The Balaban J connectivity index is 1.34. The molecule has 3 aromatic rings. The van der Waals surface area contributed by atoms with Crippen molar-refractivity contribution in [1.29, 1.82) is 0 Å². The van der Waals surface area contributed by atoms with Gasteiger partial charge in [-0.2, -0.15) is 4.31 Å². The third-order valence-electron chi connectivity index (χ3n) is 5.40. The Labute approximate surface area is 197 Å². The molecule has 1 saturated heterocycles. The number of nitrogens with zero attached hydrogens (tertiary/aromatic N) is 5. The lowest BCUT2D eigenvalue weighted by Crippen LogP contribution is -2.46. The summed E-state index contributed by atoms with van der Waals surface area (Å²) in [6.45, 7) is 4.39. The lowest BCUT2D eigenvalue weighted by atomic mass is 10.2. The van der Waals surface area contributed by atoms with Gasteiger partial charge in [-0.1, -0.05) is 29.5 Å². The van der Waals surface area contributed by atoms with Crippen molar-refractivity contribution in [3.8, 4) is 5.69 Å². The first-order valence-corrected chi connectivity index (χ1v) is 12.9. The number of likely N-dealkylation sites (N-methyl/N-ethyl adjacent to an activating group) is 1. The van der Waals surface area contributed by atoms with Crippen molar-refractivity contribution in [3.05, 3.63) is 60.4 Å². The molecule has 0 bridgehead atoms. The monoisotopic (exact) mass is 486 g/mol. The molecule has 33 heavy (non-hydrogen) atoms. The molecule has 1 amide bonds. The van der Waals surface area contributed by atoms with Gasteiger partial charge < -0.3 is 10.2 Å². The predicted octanol–water partition coefficient (Wildman–Crippen LogP) is 2.24. The minimum absolute atomic E-state index is 0.145. The van der Waals surface area contributed by atoms with E-state index in [2.05, 4.69) is 20.4 Å². The van der Waals surface area contributed by atoms with Gasteiger partial charge in [0.05, 0.1) is 10.6 Å². The molecule has 0 atom stereocenters. The quantitative estimate of drug-likeness (QED) is 0.511. The number of amides is 1. The van der Waals surface area contributed by atoms with Crippen LogP contribution in [0.3, 0.4) is 0 Å². The number of anilines is 1. The van der Waals surface area contributed by atoms with Gasteiger partial charge in [0.2, 0.25) is 15.9 Å². The number of aryl methyl sites for hydroxylation is 1. The molecule has 0 aliphatic carbocycles. The molecule has 1 N–H and O–H groups in total. The van der Waals surface area contributed by atoms with E-state index in [-0.39, 0.29) is 16.6 Å². The van der Waals surface area contributed by atoms with Crippen molar-refractivity contribution in [1.82, 2.24) is 24.0 Å². The van der Waals surface area contributed by atoms with E-state index in [9.17, 15) is 13.2 Å². The van der Waals surface area contributed by atoms with Gasteiger partial charge in [0, 0.05) is 37.6 Å². The first-order valence-electron chi connectivity index (χ1n) is 10.5. The number of rotatable bonds is 7. The number of carbonyl (C=O) groups is 1. The minimum atomic E-state index is -3.53. The van der Waals surface area contributed by atoms with E-state index in [1.165, 1.54) is 28.2 Å². The van der Waals surface area contributed by atoms with Crippen LogP contribution in [0, 0.1) is 6.92 Å². The summed E-state index contributed by atoms with van der Waals surface area (Å²) >= 11 is 1.28. The normalized spacial score (nSPS) is 15.5. The number of thioether (sulfide) groups is 1. The Bertz CT molecular complexity index is 1200. The van der Waals surface area contributed by atoms with Crippen LogP contribution >= 0.6 is 11.8 Å². The molecule has 0 unspecified atom stereocenters. The maximum absolute atomic E-state index is 12.8. The number of piperazine rings is 1. The molecule has 0 radical (unpaired) electrons. The van der Waals surface area contributed by atoms with Crippen molar-refractivity contribution in [3.63, 3.8) is 0 Å². The van der Waals surface area contributed by atoms with Gasteiger partial charge in [-0.3, -0.25) is 9.36 Å². The Kier molecular flexibility index (Phi) is 7.13. The lowest BCUT2D eigenvalue weighted by molar-refractivity contribution is -0.113. The Morgan fingerprint density at radius 1 is 1.03 bits per heavy atom. The number of hydrogen-bond acceptors (Lipinski definition) is 7. The summed E-state index contributed by atoms with van der Waals surface area (Å²) in [5.41, 5.74) is 2.62. The molecular formula is C22H26N6O3S2. The third kappa shape index (κ3) is 5.61. The van der Waals surface area contributed by atoms with Crippen molar-refractivity contribution in [2.75, 3.05) is 44.3 Å². The average molecular weight is 487 g/mol. The highest BCUT2D eigenvalue weighted by atomic mass is 32.2. The van der Waals surface area contributed by atoms with Crippen molar-refractivity contribution in [2.24, 2.45) is 0 Å². The first kappa shape index (κ1) is 23.4. The largest absolute Gasteiger partial charge is 0.325 e. The van der Waals surface area contributed by atoms with Crippen LogP contribution in [0.2, 0.25) is 0 Å². The topological polar surface area (TPSA) is 100 Å². The fourth-order valence-corrected chi connectivity index (χ4v) is 5.57. The number of benzene rings is 2. The van der Waals surface area contributed by atoms with Crippen LogP contribution in [-0.4, -0.2) is 77.3 Å². The molecule has 1 fully saturated rings. The molecule has 1 aromatic heterocycles. The minimum Gasteiger partial charge on any atom is -0.325 e. The third-order valence-corrected chi connectivity index (χ3v) is 8.26. The first-order chi connectivity index (χ1) is 15.8. The SMILES string of the molecule is Cc1ccc(-n2cnnc2SCC(=O)Nc2ccc(S(=O)(=O)N3CCN(C)CC3)cc2)cc1. The Hall–Kier alpha value is -2.73. The summed E-state index contributed by atoms with van der Waals surface area (Å²) in [5, 5.41) is 11.5. The fourth-order valence-electron chi connectivity index (χ4n) is 3.42. The number of hydrogen-bond donors (Lipinski definition) is 1. The number of aromatic nitrogens is 3. The van der Waals surface area contributed by atoms with Crippen LogP contribution in [0.5, 0.6) is 0 Å². The second-order valence-electron chi connectivity index (χ2n) is 7.89. The summed E-state index contributed by atoms with van der Waals surface area (Å²) in [4.78, 5) is 14.8. The van der Waals surface area contributed by atoms with E-state index in [0.717, 1.165) is 11.3 Å². The molecule has 9 nitrogen and oxygen atoms in total. The second-order valence-corrected chi connectivity index (χ2v) is 10.8. The summed E-state index contributed by atoms with van der Waals surface area (Å²) in [6, 6.07) is 14.2. The van der Waals surface area contributed by atoms with Gasteiger partial charge in [0.1, 0.15) is 6.33 Å². The van der Waals surface area contributed by atoms with E-state index in [1.807, 2.05) is 42.8 Å². The zero-order valence-electron chi connectivity index (χ0n) is 18.5. The standard InChI is InChI=1S/C22H26N6O3S2/c1-17-3-7-19(8-4-17)28-16-23-25-22(28)32-15-21(29)24-18-5-9-20(10-6-18)33(30,31)27-13-11-26(2)12-14-27/h3-10,16H,11-15H2,1-2H3,(H,24,29). The summed E-state index contributed by atoms with van der Waals surface area (Å²) in [7, 11) is -1.55. The van der Waals surface area contributed by atoms with Gasteiger partial charge in [-0.05, 0) is 50.4 Å². The van der Waals surface area contributed by atoms with Crippen LogP contribution < -0.4 is 5.32 Å². The summed E-state index contributed by atoms with van der Waals surface area (Å²) in [5.74, 6) is -0.0700. The van der Waals surface area contributed by atoms with Crippen molar-refractivity contribution < 1.29 is 13.2 Å². The second kappa shape index (κ2) is 10.0. The van der Waals surface area contributed by atoms with Gasteiger partial charge in [0.25, 0.3) is 0 Å². The molecule has 1 aliphatic rings. The van der Waals surface area contributed by atoms with Crippen LogP contribution in [0.25, 0.3) is 5.69 Å². The predicted molar refractivity (Wildman–Crippen MR) is 128 cm³/mol. The maximum atomic E-state index is 12.8. The molecule has 174 valence electrons. The van der Waals surface area contributed by atoms with Gasteiger partial charge in [-0.15, -0.1) is 10.2 Å². The Morgan fingerprint density at radius 2 is 1.70 bits per heavy atom. The van der Waals surface area contributed by atoms with Gasteiger partial charge >= 0.3 is 0 Å². The zero-order valence-corrected chi connectivity index (χ0v) is 20.1. The van der Waals surface area contributed by atoms with E-state index >= 15 is 0 Å². The highest BCUT2D eigenvalue weighted by Gasteiger charge is 2.27.